The summed E-state index contributed by atoms with van der Waals surface area (Å²) in [6, 6.07) is 2.21. The summed E-state index contributed by atoms with van der Waals surface area (Å²) in [6.45, 7) is -1.24. The molecule has 0 bridgehead atoms. The Morgan fingerprint density at radius 1 is 0.839 bits per heavy atom. The molecular weight excluding hydrogens is 420 g/mol. The number of aliphatic hydroxyl groups excluding tert-OH is 3. The second kappa shape index (κ2) is 7.59. The minimum absolute atomic E-state index is 0.0117. The van der Waals surface area contributed by atoms with Gasteiger partial charge in [0, 0.05) is 10.8 Å². The predicted molar refractivity (Wildman–Crippen MR) is 103 cm³/mol. The van der Waals surface area contributed by atoms with Crippen molar-refractivity contribution in [3.63, 3.8) is 0 Å². The molecule has 0 saturated carbocycles. The number of ether oxygens (including phenoxy) is 2. The van der Waals surface area contributed by atoms with Gasteiger partial charge in [0.05, 0.1) is 17.4 Å². The molecular formula is C19H16O12. The molecule has 0 aliphatic rings. The van der Waals surface area contributed by atoms with Crippen LogP contribution in [0.4, 0.5) is 0 Å². The maximum Gasteiger partial charge on any atom is 0.344 e. The highest BCUT2D eigenvalue weighted by Gasteiger charge is 2.26. The first-order valence-corrected chi connectivity index (χ1v) is 8.89. The number of benzene rings is 2. The van der Waals surface area contributed by atoms with Crippen molar-refractivity contribution in [1.82, 2.24) is 0 Å². The molecule has 2 aromatic heterocycles. The zero-order valence-electron chi connectivity index (χ0n) is 15.6. The van der Waals surface area contributed by atoms with Crippen LogP contribution in [0.5, 0.6) is 23.0 Å². The molecule has 4 aromatic rings. The van der Waals surface area contributed by atoms with Crippen LogP contribution in [0.25, 0.3) is 32.7 Å². The first kappa shape index (κ1) is 20.7. The summed E-state index contributed by atoms with van der Waals surface area (Å²) in [5.74, 6) is -1.90. The van der Waals surface area contributed by atoms with E-state index in [4.69, 9.17) is 33.6 Å². The van der Waals surface area contributed by atoms with Crippen LogP contribution < -0.4 is 20.7 Å². The number of phenols is 2. The van der Waals surface area contributed by atoms with Gasteiger partial charge in [-0.15, -0.1) is 0 Å². The third kappa shape index (κ3) is 3.27. The van der Waals surface area contributed by atoms with E-state index in [-0.39, 0.29) is 46.1 Å². The molecule has 0 aliphatic carbocycles. The summed E-state index contributed by atoms with van der Waals surface area (Å²) >= 11 is 0. The van der Waals surface area contributed by atoms with Gasteiger partial charge < -0.3 is 48.9 Å². The van der Waals surface area contributed by atoms with Crippen LogP contribution in [0, 0.1) is 0 Å². The first-order valence-electron chi connectivity index (χ1n) is 8.89. The van der Waals surface area contributed by atoms with Gasteiger partial charge in [-0.2, -0.15) is 0 Å². The first-order chi connectivity index (χ1) is 14.7. The van der Waals surface area contributed by atoms with Crippen molar-refractivity contribution in [2.45, 2.75) is 12.4 Å². The minimum atomic E-state index is -2.11. The Kier molecular flexibility index (Phi) is 5.07. The predicted octanol–water partition coefficient (Wildman–Crippen LogP) is -0.677. The van der Waals surface area contributed by atoms with Crippen molar-refractivity contribution in [2.24, 2.45) is 0 Å². The maximum atomic E-state index is 12.6. The van der Waals surface area contributed by atoms with Gasteiger partial charge in [-0.25, -0.2) is 9.59 Å². The highest BCUT2D eigenvalue weighted by molar-refractivity contribution is 6.22. The number of phenolic OH excluding ortho intramolecular Hbond substituents is 2. The topological polar surface area (TPSA) is 200 Å². The van der Waals surface area contributed by atoms with E-state index in [2.05, 4.69) is 0 Å². The zero-order chi connectivity index (χ0) is 22.4. The third-order valence-corrected chi connectivity index (χ3v) is 4.62. The fourth-order valence-corrected chi connectivity index (χ4v) is 3.20. The second-order valence-electron chi connectivity index (χ2n) is 6.59. The van der Waals surface area contributed by atoms with E-state index >= 15 is 0 Å². The molecule has 1 unspecified atom stereocenters. The van der Waals surface area contributed by atoms with Crippen molar-refractivity contribution < 1.29 is 48.9 Å². The zero-order valence-corrected chi connectivity index (χ0v) is 15.6. The third-order valence-electron chi connectivity index (χ3n) is 4.62. The average molecular weight is 436 g/mol. The van der Waals surface area contributed by atoms with Gasteiger partial charge in [-0.1, -0.05) is 0 Å². The van der Waals surface area contributed by atoms with Gasteiger partial charge in [-0.05, 0) is 12.1 Å². The van der Waals surface area contributed by atoms with E-state index in [1.807, 2.05) is 0 Å². The van der Waals surface area contributed by atoms with Crippen LogP contribution in [0.3, 0.4) is 0 Å². The lowest BCUT2D eigenvalue weighted by molar-refractivity contribution is -0.132. The van der Waals surface area contributed by atoms with Crippen LogP contribution >= 0.6 is 0 Å². The summed E-state index contributed by atoms with van der Waals surface area (Å²) < 4.78 is 20.7. The fraction of sp³-hybridized carbons (Fsp3) is 0.263. The number of aromatic hydroxyl groups is 2. The Hall–Kier alpha value is -3.58. The molecule has 31 heavy (non-hydrogen) atoms. The fourth-order valence-electron chi connectivity index (χ4n) is 3.20. The van der Waals surface area contributed by atoms with Crippen LogP contribution in [-0.2, 0) is 0 Å². The lowest BCUT2D eigenvalue weighted by Gasteiger charge is -2.16. The Morgan fingerprint density at radius 3 is 1.77 bits per heavy atom. The maximum absolute atomic E-state index is 12.6. The van der Waals surface area contributed by atoms with Crippen molar-refractivity contribution in [1.29, 1.82) is 0 Å². The summed E-state index contributed by atoms with van der Waals surface area (Å²) in [7, 11) is 0. The molecule has 6 N–H and O–H groups in total. The van der Waals surface area contributed by atoms with E-state index in [0.717, 1.165) is 12.1 Å². The Labute approximate surface area is 170 Å². The molecule has 2 heterocycles. The van der Waals surface area contributed by atoms with E-state index in [1.165, 1.54) is 0 Å². The van der Waals surface area contributed by atoms with Crippen molar-refractivity contribution in [3.8, 4) is 23.0 Å². The highest BCUT2D eigenvalue weighted by Crippen LogP contribution is 2.45. The van der Waals surface area contributed by atoms with Crippen LogP contribution in [0.1, 0.15) is 0 Å². The number of hydrogen-bond acceptors (Lipinski definition) is 12. The molecule has 0 radical (unpaired) electrons. The normalized spacial score (nSPS) is 12.9. The Morgan fingerprint density at radius 2 is 1.32 bits per heavy atom. The Balaban J connectivity index is 2.02. The second-order valence-corrected chi connectivity index (χ2v) is 6.59. The average Bonchev–Trinajstić information content (AvgIpc) is 2.73. The minimum Gasteiger partial charge on any atom is -0.502 e. The standard InChI is InChI=1S/C19H16O12/c20-1-2-28-9-3-6-11-12-7(19(27)30-15(11)13(9)22)4-10(29-5-8(21)17(24)25)14(23)16(12)31-18(6)26/h3-4,8,17,20-25H,1-2,5H2. The number of hydrogen-bond donors (Lipinski definition) is 6. The van der Waals surface area contributed by atoms with Gasteiger partial charge in [-0.3, -0.25) is 0 Å². The molecule has 12 nitrogen and oxygen atoms in total. The van der Waals surface area contributed by atoms with Gasteiger partial charge in [0.15, 0.2) is 29.0 Å². The lowest BCUT2D eigenvalue weighted by Crippen LogP contribution is -2.31. The largest absolute Gasteiger partial charge is 0.502 e. The van der Waals surface area contributed by atoms with E-state index in [0.29, 0.717) is 0 Å². The van der Waals surface area contributed by atoms with E-state index in [9.17, 15) is 24.9 Å². The van der Waals surface area contributed by atoms with Crippen molar-refractivity contribution in [2.75, 3.05) is 19.8 Å². The van der Waals surface area contributed by atoms with Crippen molar-refractivity contribution >= 4 is 32.7 Å². The summed E-state index contributed by atoms with van der Waals surface area (Å²) in [5.41, 5.74) is -2.76. The molecule has 0 spiro atoms. The van der Waals surface area contributed by atoms with Gasteiger partial charge in [0.25, 0.3) is 0 Å². The molecule has 0 fully saturated rings. The lowest BCUT2D eigenvalue weighted by atomic mass is 10.0. The number of aliphatic hydroxyl groups is 4. The smallest absolute Gasteiger partial charge is 0.344 e. The molecule has 12 heteroatoms. The molecule has 164 valence electrons. The molecule has 4 rings (SSSR count). The van der Waals surface area contributed by atoms with Gasteiger partial charge >= 0.3 is 11.3 Å². The van der Waals surface area contributed by atoms with E-state index < -0.39 is 53.1 Å². The SMILES string of the molecule is O=c1oc2c(O)c(OCC(O)C(O)O)cc3c(=O)oc4c(O)c(OCCO)cc1c4c23. The van der Waals surface area contributed by atoms with Crippen LogP contribution in [-0.4, -0.2) is 62.9 Å². The molecule has 1 atom stereocenters. The molecule has 0 amide bonds. The Bertz CT molecular complexity index is 1380. The molecule has 0 saturated heterocycles. The summed E-state index contributed by atoms with van der Waals surface area (Å²) in [5, 5.41) is 56.9. The van der Waals surface area contributed by atoms with E-state index in [1.54, 1.807) is 0 Å². The van der Waals surface area contributed by atoms with Crippen LogP contribution in [0.15, 0.2) is 30.6 Å². The monoisotopic (exact) mass is 436 g/mol. The summed E-state index contributed by atoms with van der Waals surface area (Å²) in [6.07, 6.45) is -3.83. The van der Waals surface area contributed by atoms with Gasteiger partial charge in [0.1, 0.15) is 19.3 Å². The van der Waals surface area contributed by atoms with Gasteiger partial charge in [0.2, 0.25) is 11.5 Å². The van der Waals surface area contributed by atoms with Crippen LogP contribution in [0.2, 0.25) is 0 Å². The van der Waals surface area contributed by atoms with Crippen molar-refractivity contribution in [3.05, 3.63) is 33.0 Å². The molecule has 2 aromatic carbocycles. The summed E-state index contributed by atoms with van der Waals surface area (Å²) in [4.78, 5) is 25.1. The molecule has 0 aliphatic heterocycles. The quantitative estimate of drug-likeness (QED) is 0.121. The number of rotatable bonds is 7. The highest BCUT2D eigenvalue weighted by atomic mass is 16.5.